The van der Waals surface area contributed by atoms with Crippen LogP contribution in [0.2, 0.25) is 0 Å². The van der Waals surface area contributed by atoms with Crippen molar-refractivity contribution in [2.45, 2.75) is 19.9 Å². The molecule has 2 saturated heterocycles. The summed E-state index contributed by atoms with van der Waals surface area (Å²) < 4.78 is 6.53. The van der Waals surface area contributed by atoms with Crippen LogP contribution in [0.25, 0.3) is 21.8 Å². The highest BCUT2D eigenvalue weighted by atomic mass is 16.5. The van der Waals surface area contributed by atoms with E-state index in [1.165, 1.54) is 6.08 Å². The van der Waals surface area contributed by atoms with Gasteiger partial charge in [0, 0.05) is 52.0 Å². The van der Waals surface area contributed by atoms with Gasteiger partial charge in [0.1, 0.15) is 17.1 Å². The standard InChI is InChI=1S/C28H30N10O2/c1-5-23(39)36-8-10-37(11-9-36)26-20-12-18(3)31-27(40-25-17(2)6-7-22-21(25)13-30-34-22)24(20)32-28(33-26)38-14-19(15-38)35(4)16-29/h5-7,12-13,19H,1,8-11,14-15H2,2-4H3,(H,30,34). The van der Waals surface area contributed by atoms with Gasteiger partial charge in [-0.1, -0.05) is 12.6 Å². The Morgan fingerprint density at radius 1 is 1.15 bits per heavy atom. The molecule has 0 bridgehead atoms. The van der Waals surface area contributed by atoms with Crippen LogP contribution in [0.15, 0.2) is 37.1 Å². The fourth-order valence-corrected chi connectivity index (χ4v) is 5.20. The molecule has 12 nitrogen and oxygen atoms in total. The molecule has 0 atom stereocenters. The number of carbonyl (C=O) groups is 1. The summed E-state index contributed by atoms with van der Waals surface area (Å²) in [6.45, 7) is 11.2. The molecule has 0 saturated carbocycles. The summed E-state index contributed by atoms with van der Waals surface area (Å²) in [6.07, 6.45) is 5.29. The van der Waals surface area contributed by atoms with Gasteiger partial charge in [-0.25, -0.2) is 9.97 Å². The van der Waals surface area contributed by atoms with Gasteiger partial charge in [-0.15, -0.1) is 0 Å². The number of anilines is 2. The van der Waals surface area contributed by atoms with Crippen LogP contribution < -0.4 is 14.5 Å². The smallest absolute Gasteiger partial charge is 0.246 e. The highest BCUT2D eigenvalue weighted by molar-refractivity contribution is 5.95. The van der Waals surface area contributed by atoms with E-state index in [0.29, 0.717) is 62.4 Å². The number of nitrogens with zero attached hydrogens (tertiary/aromatic N) is 9. The quantitative estimate of drug-likeness (QED) is 0.222. The summed E-state index contributed by atoms with van der Waals surface area (Å²) in [7, 11) is 1.79. The first kappa shape index (κ1) is 25.4. The van der Waals surface area contributed by atoms with Crippen molar-refractivity contribution in [2.75, 3.05) is 56.1 Å². The van der Waals surface area contributed by atoms with Crippen LogP contribution in [-0.2, 0) is 4.79 Å². The number of amides is 1. The Morgan fingerprint density at radius 3 is 2.65 bits per heavy atom. The first-order chi connectivity index (χ1) is 19.4. The monoisotopic (exact) mass is 538 g/mol. The second-order valence-corrected chi connectivity index (χ2v) is 10.2. The largest absolute Gasteiger partial charge is 0.436 e. The van der Waals surface area contributed by atoms with Crippen LogP contribution in [0.4, 0.5) is 11.8 Å². The number of aromatic amines is 1. The Balaban J connectivity index is 1.44. The Hall–Kier alpha value is -4.92. The maximum atomic E-state index is 12.2. The molecular weight excluding hydrogens is 508 g/mol. The fraction of sp³-hybridized carbons (Fsp3) is 0.357. The fourth-order valence-electron chi connectivity index (χ4n) is 5.20. The number of aryl methyl sites for hydroxylation is 2. The molecule has 6 rings (SSSR count). The number of rotatable bonds is 6. The van der Waals surface area contributed by atoms with Gasteiger partial charge >= 0.3 is 0 Å². The third-order valence-corrected chi connectivity index (χ3v) is 7.63. The lowest BCUT2D eigenvalue weighted by atomic mass is 10.1. The minimum Gasteiger partial charge on any atom is -0.436 e. The molecule has 0 aliphatic carbocycles. The van der Waals surface area contributed by atoms with E-state index in [0.717, 1.165) is 33.4 Å². The van der Waals surface area contributed by atoms with Crippen molar-refractivity contribution in [2.24, 2.45) is 0 Å². The van der Waals surface area contributed by atoms with Gasteiger partial charge in [0.15, 0.2) is 6.19 Å². The molecule has 0 radical (unpaired) electrons. The maximum absolute atomic E-state index is 12.2. The Kier molecular flexibility index (Phi) is 6.34. The lowest BCUT2D eigenvalue weighted by molar-refractivity contribution is -0.126. The molecule has 3 aromatic heterocycles. The Morgan fingerprint density at radius 2 is 1.93 bits per heavy atom. The molecule has 1 N–H and O–H groups in total. The number of piperazine rings is 1. The molecular formula is C28H30N10O2. The van der Waals surface area contributed by atoms with Gasteiger partial charge in [0.25, 0.3) is 0 Å². The summed E-state index contributed by atoms with van der Waals surface area (Å²) in [5.74, 6) is 2.33. The molecule has 2 aliphatic rings. The topological polar surface area (TPSA) is 130 Å². The van der Waals surface area contributed by atoms with E-state index in [1.807, 2.05) is 32.0 Å². The number of carbonyl (C=O) groups excluding carboxylic acids is 1. The second kappa shape index (κ2) is 10.00. The summed E-state index contributed by atoms with van der Waals surface area (Å²) in [6, 6.07) is 6.04. The van der Waals surface area contributed by atoms with E-state index in [9.17, 15) is 10.1 Å². The molecule has 1 amide bonds. The highest BCUT2D eigenvalue weighted by Gasteiger charge is 2.33. The van der Waals surface area contributed by atoms with Crippen LogP contribution in [0.5, 0.6) is 11.6 Å². The molecule has 40 heavy (non-hydrogen) atoms. The predicted octanol–water partition coefficient (Wildman–Crippen LogP) is 2.75. The minimum atomic E-state index is -0.0689. The lowest BCUT2D eigenvalue weighted by Gasteiger charge is -2.42. The molecule has 0 unspecified atom stereocenters. The third-order valence-electron chi connectivity index (χ3n) is 7.63. The van der Waals surface area contributed by atoms with E-state index >= 15 is 0 Å². The molecule has 12 heteroatoms. The Bertz CT molecular complexity index is 1660. The van der Waals surface area contributed by atoms with Crippen LogP contribution in [0, 0.1) is 25.3 Å². The molecule has 204 valence electrons. The highest BCUT2D eigenvalue weighted by Crippen LogP contribution is 2.38. The lowest BCUT2D eigenvalue weighted by Crippen LogP contribution is -2.58. The van der Waals surface area contributed by atoms with Gasteiger partial charge in [-0.05, 0) is 37.6 Å². The van der Waals surface area contributed by atoms with E-state index < -0.39 is 0 Å². The average Bonchev–Trinajstić information content (AvgIpc) is 3.42. The van der Waals surface area contributed by atoms with Crippen molar-refractivity contribution < 1.29 is 9.53 Å². The SMILES string of the molecule is C=CC(=O)N1CCN(c2nc(N3CC(N(C)C#N)C3)nc3c(Oc4c(C)ccc5[nH]ncc45)nc(C)cc23)CC1. The average molecular weight is 539 g/mol. The number of ether oxygens (including phenoxy) is 1. The summed E-state index contributed by atoms with van der Waals surface area (Å²) in [4.78, 5) is 34.6. The first-order valence-electron chi connectivity index (χ1n) is 13.2. The second-order valence-electron chi connectivity index (χ2n) is 10.2. The molecule has 2 aliphatic heterocycles. The number of likely N-dealkylation sites (N-methyl/N-ethyl adjacent to an activating group) is 1. The molecule has 1 aromatic carbocycles. The van der Waals surface area contributed by atoms with Gasteiger partial charge in [0.05, 0.1) is 28.5 Å². The summed E-state index contributed by atoms with van der Waals surface area (Å²) in [5.41, 5.74) is 3.20. The van der Waals surface area contributed by atoms with Crippen LogP contribution >= 0.6 is 0 Å². The van der Waals surface area contributed by atoms with Crippen molar-refractivity contribution in [1.29, 1.82) is 5.26 Å². The van der Waals surface area contributed by atoms with Crippen molar-refractivity contribution >= 4 is 39.5 Å². The zero-order chi connectivity index (χ0) is 28.0. The number of H-pyrrole nitrogens is 1. The first-order valence-corrected chi connectivity index (χ1v) is 13.2. The number of nitriles is 1. The number of nitrogens with one attached hydrogen (secondary N) is 1. The molecule has 5 heterocycles. The van der Waals surface area contributed by atoms with Gasteiger partial charge < -0.3 is 24.3 Å². The zero-order valence-corrected chi connectivity index (χ0v) is 22.8. The van der Waals surface area contributed by atoms with Crippen molar-refractivity contribution in [3.8, 4) is 17.8 Å². The number of hydrogen-bond acceptors (Lipinski definition) is 10. The maximum Gasteiger partial charge on any atom is 0.246 e. The Labute approximate surface area is 231 Å². The normalized spacial score (nSPS) is 15.7. The number of benzene rings is 1. The third kappa shape index (κ3) is 4.39. The molecule has 2 fully saturated rings. The predicted molar refractivity (Wildman–Crippen MR) is 151 cm³/mol. The van der Waals surface area contributed by atoms with E-state index in [2.05, 4.69) is 32.8 Å². The van der Waals surface area contributed by atoms with E-state index in [1.54, 1.807) is 23.0 Å². The van der Waals surface area contributed by atoms with Crippen molar-refractivity contribution in [1.82, 2.24) is 34.9 Å². The number of aromatic nitrogens is 5. The van der Waals surface area contributed by atoms with Crippen LogP contribution in [-0.4, -0.2) is 93.2 Å². The van der Waals surface area contributed by atoms with Crippen molar-refractivity contribution in [3.63, 3.8) is 0 Å². The molecule has 0 spiro atoms. The number of pyridine rings is 1. The van der Waals surface area contributed by atoms with Gasteiger partial charge in [0.2, 0.25) is 17.7 Å². The number of hydrogen-bond donors (Lipinski definition) is 1. The van der Waals surface area contributed by atoms with Gasteiger partial charge in [-0.2, -0.15) is 15.3 Å². The zero-order valence-electron chi connectivity index (χ0n) is 22.8. The minimum absolute atomic E-state index is 0.0689. The van der Waals surface area contributed by atoms with Gasteiger partial charge in [-0.3, -0.25) is 9.89 Å². The summed E-state index contributed by atoms with van der Waals surface area (Å²) >= 11 is 0. The number of fused-ring (bicyclic) bond motifs is 2. The van der Waals surface area contributed by atoms with E-state index in [-0.39, 0.29) is 11.9 Å². The van der Waals surface area contributed by atoms with Crippen molar-refractivity contribution in [3.05, 3.63) is 48.3 Å². The molecule has 4 aromatic rings. The summed E-state index contributed by atoms with van der Waals surface area (Å²) in [5, 5.41) is 18.2. The van der Waals surface area contributed by atoms with E-state index in [4.69, 9.17) is 19.7 Å². The van der Waals surface area contributed by atoms with Crippen LogP contribution in [0.1, 0.15) is 11.3 Å². The van der Waals surface area contributed by atoms with Crippen LogP contribution in [0.3, 0.4) is 0 Å².